The number of ether oxygens (including phenoxy) is 1. The quantitative estimate of drug-likeness (QED) is 0.656. The first-order chi connectivity index (χ1) is 11.8. The van der Waals surface area contributed by atoms with E-state index in [4.69, 9.17) is 4.74 Å². The number of hydrogen-bond acceptors (Lipinski definition) is 5. The molecule has 6 nitrogen and oxygen atoms in total. The van der Waals surface area contributed by atoms with Crippen LogP contribution in [0.15, 0.2) is 41.8 Å². The molecule has 2 amide bonds. The SMILES string of the molecule is C=CC(=O)Nc1ccc(SN2CCN(C(=O)OC(C)(C)C)CC2)cc1. The third-order valence-electron chi connectivity index (χ3n) is 3.43. The Morgan fingerprint density at radius 1 is 1.16 bits per heavy atom. The highest BCUT2D eigenvalue weighted by Gasteiger charge is 2.26. The van der Waals surface area contributed by atoms with Gasteiger partial charge in [0.1, 0.15) is 5.60 Å². The molecule has 2 rings (SSSR count). The van der Waals surface area contributed by atoms with Crippen LogP contribution in [0, 0.1) is 0 Å². The van der Waals surface area contributed by atoms with Crippen molar-refractivity contribution in [2.75, 3.05) is 31.5 Å². The van der Waals surface area contributed by atoms with Gasteiger partial charge in [0.05, 0.1) is 0 Å². The molecule has 1 aliphatic heterocycles. The minimum Gasteiger partial charge on any atom is -0.444 e. The van der Waals surface area contributed by atoms with E-state index in [-0.39, 0.29) is 12.0 Å². The summed E-state index contributed by atoms with van der Waals surface area (Å²) in [4.78, 5) is 26.2. The van der Waals surface area contributed by atoms with Crippen LogP contribution >= 0.6 is 11.9 Å². The van der Waals surface area contributed by atoms with Gasteiger partial charge in [-0.1, -0.05) is 6.58 Å². The lowest BCUT2D eigenvalue weighted by atomic mass is 10.2. The third kappa shape index (κ3) is 6.43. The second-order valence-electron chi connectivity index (χ2n) is 6.71. The second-order valence-corrected chi connectivity index (χ2v) is 7.88. The first-order valence-corrected chi connectivity index (χ1v) is 8.98. The van der Waals surface area contributed by atoms with E-state index >= 15 is 0 Å². The molecule has 0 aliphatic carbocycles. The molecule has 25 heavy (non-hydrogen) atoms. The average molecular weight is 363 g/mol. The predicted molar refractivity (Wildman–Crippen MR) is 101 cm³/mol. The highest BCUT2D eigenvalue weighted by Crippen LogP contribution is 2.25. The Bertz CT molecular complexity index is 617. The van der Waals surface area contributed by atoms with Crippen LogP contribution in [0.1, 0.15) is 20.8 Å². The van der Waals surface area contributed by atoms with Crippen molar-refractivity contribution < 1.29 is 14.3 Å². The van der Waals surface area contributed by atoms with Gasteiger partial charge in [-0.05, 0) is 63.1 Å². The molecule has 0 unspecified atom stereocenters. The Hall–Kier alpha value is -1.99. The van der Waals surface area contributed by atoms with Gasteiger partial charge in [-0.3, -0.25) is 4.79 Å². The summed E-state index contributed by atoms with van der Waals surface area (Å²) in [6, 6.07) is 7.65. The van der Waals surface area contributed by atoms with Crippen LogP contribution in [0.2, 0.25) is 0 Å². The summed E-state index contributed by atoms with van der Waals surface area (Å²) in [6.07, 6.45) is 0.992. The normalized spacial score (nSPS) is 15.6. The summed E-state index contributed by atoms with van der Waals surface area (Å²) >= 11 is 1.65. The molecule has 1 fully saturated rings. The first-order valence-electron chi connectivity index (χ1n) is 8.21. The number of nitrogens with zero attached hydrogens (tertiary/aromatic N) is 2. The van der Waals surface area contributed by atoms with Crippen LogP contribution in [-0.4, -0.2) is 53.0 Å². The maximum Gasteiger partial charge on any atom is 0.410 e. The molecule has 1 aromatic carbocycles. The van der Waals surface area contributed by atoms with Crippen LogP contribution in [-0.2, 0) is 9.53 Å². The molecule has 0 spiro atoms. The van der Waals surface area contributed by atoms with E-state index in [0.29, 0.717) is 13.1 Å². The van der Waals surface area contributed by atoms with Crippen molar-refractivity contribution in [2.24, 2.45) is 0 Å². The van der Waals surface area contributed by atoms with Crippen molar-refractivity contribution >= 4 is 29.6 Å². The lowest BCUT2D eigenvalue weighted by Crippen LogP contribution is -2.47. The molecule has 0 aromatic heterocycles. The van der Waals surface area contributed by atoms with E-state index in [0.717, 1.165) is 23.7 Å². The maximum atomic E-state index is 12.1. The van der Waals surface area contributed by atoms with Crippen molar-refractivity contribution in [3.05, 3.63) is 36.9 Å². The average Bonchev–Trinajstić information content (AvgIpc) is 2.55. The Morgan fingerprint density at radius 2 is 1.76 bits per heavy atom. The molecular formula is C18H25N3O3S. The van der Waals surface area contributed by atoms with Gasteiger partial charge in [0.15, 0.2) is 0 Å². The van der Waals surface area contributed by atoms with Gasteiger partial charge in [-0.25, -0.2) is 9.10 Å². The number of carbonyl (C=O) groups is 2. The zero-order chi connectivity index (χ0) is 18.4. The predicted octanol–water partition coefficient (Wildman–Crippen LogP) is 3.37. The largest absolute Gasteiger partial charge is 0.444 e. The fourth-order valence-electron chi connectivity index (χ4n) is 2.23. The minimum absolute atomic E-state index is 0.223. The molecule has 1 N–H and O–H groups in total. The molecule has 1 aromatic rings. The monoisotopic (exact) mass is 363 g/mol. The number of carbonyl (C=O) groups excluding carboxylic acids is 2. The number of amides is 2. The standard InChI is InChI=1S/C18H25N3O3S/c1-5-16(22)19-14-6-8-15(9-7-14)25-21-12-10-20(11-13-21)17(23)24-18(2,3)4/h5-9H,1,10-13H2,2-4H3,(H,19,22). The molecular weight excluding hydrogens is 338 g/mol. The molecule has 0 radical (unpaired) electrons. The Labute approximate surface area is 153 Å². The van der Waals surface area contributed by atoms with Gasteiger partial charge in [0, 0.05) is 36.8 Å². The summed E-state index contributed by atoms with van der Waals surface area (Å²) in [7, 11) is 0. The topological polar surface area (TPSA) is 61.9 Å². The van der Waals surface area contributed by atoms with E-state index in [1.807, 2.05) is 45.0 Å². The molecule has 0 atom stereocenters. The fourth-order valence-corrected chi connectivity index (χ4v) is 3.13. The van der Waals surface area contributed by atoms with Crippen LogP contribution in [0.25, 0.3) is 0 Å². The first kappa shape index (κ1) is 19.3. The molecule has 136 valence electrons. The maximum absolute atomic E-state index is 12.1. The summed E-state index contributed by atoms with van der Waals surface area (Å²) < 4.78 is 7.63. The summed E-state index contributed by atoms with van der Waals surface area (Å²) in [5.74, 6) is -0.223. The minimum atomic E-state index is -0.467. The number of piperazine rings is 1. The number of hydrogen-bond donors (Lipinski definition) is 1. The lowest BCUT2D eigenvalue weighted by molar-refractivity contribution is -0.111. The molecule has 1 saturated heterocycles. The number of nitrogens with one attached hydrogen (secondary N) is 1. The van der Waals surface area contributed by atoms with Gasteiger partial charge in [-0.2, -0.15) is 0 Å². The van der Waals surface area contributed by atoms with Gasteiger partial charge in [0.25, 0.3) is 0 Å². The highest BCUT2D eigenvalue weighted by atomic mass is 32.2. The molecule has 0 saturated carbocycles. The summed E-state index contributed by atoms with van der Waals surface area (Å²) in [6.45, 7) is 11.9. The molecule has 0 bridgehead atoms. The van der Waals surface area contributed by atoms with Crippen molar-refractivity contribution in [3.8, 4) is 0 Å². The Balaban J connectivity index is 1.81. The van der Waals surface area contributed by atoms with Crippen molar-refractivity contribution in [3.63, 3.8) is 0 Å². The highest BCUT2D eigenvalue weighted by molar-refractivity contribution is 7.97. The third-order valence-corrected chi connectivity index (χ3v) is 4.54. The fraction of sp³-hybridized carbons (Fsp3) is 0.444. The van der Waals surface area contributed by atoms with E-state index < -0.39 is 5.60 Å². The molecule has 1 aliphatic rings. The number of anilines is 1. The Morgan fingerprint density at radius 3 is 2.28 bits per heavy atom. The van der Waals surface area contributed by atoms with E-state index in [9.17, 15) is 9.59 Å². The van der Waals surface area contributed by atoms with E-state index in [1.54, 1.807) is 16.8 Å². The van der Waals surface area contributed by atoms with Gasteiger partial charge in [-0.15, -0.1) is 0 Å². The number of rotatable bonds is 4. The summed E-state index contributed by atoms with van der Waals surface area (Å²) in [5.41, 5.74) is 0.273. The Kier molecular flexibility index (Phi) is 6.50. The smallest absolute Gasteiger partial charge is 0.410 e. The van der Waals surface area contributed by atoms with E-state index in [2.05, 4.69) is 16.2 Å². The van der Waals surface area contributed by atoms with Gasteiger partial charge >= 0.3 is 6.09 Å². The van der Waals surface area contributed by atoms with Crippen LogP contribution in [0.5, 0.6) is 0 Å². The van der Waals surface area contributed by atoms with Crippen molar-refractivity contribution in [1.29, 1.82) is 0 Å². The second kappa shape index (κ2) is 8.40. The van der Waals surface area contributed by atoms with Crippen molar-refractivity contribution in [1.82, 2.24) is 9.21 Å². The van der Waals surface area contributed by atoms with E-state index in [1.165, 1.54) is 6.08 Å². The van der Waals surface area contributed by atoms with Crippen LogP contribution in [0.4, 0.5) is 10.5 Å². The summed E-state index contributed by atoms with van der Waals surface area (Å²) in [5, 5.41) is 2.72. The van der Waals surface area contributed by atoms with Crippen LogP contribution < -0.4 is 5.32 Å². The molecule has 7 heteroatoms. The molecule has 1 heterocycles. The van der Waals surface area contributed by atoms with Crippen molar-refractivity contribution in [2.45, 2.75) is 31.3 Å². The zero-order valence-corrected chi connectivity index (χ0v) is 15.8. The van der Waals surface area contributed by atoms with Gasteiger partial charge in [0.2, 0.25) is 5.91 Å². The zero-order valence-electron chi connectivity index (χ0n) is 14.9. The lowest BCUT2D eigenvalue weighted by Gasteiger charge is -2.34. The number of benzene rings is 1. The van der Waals surface area contributed by atoms with Gasteiger partial charge < -0.3 is 15.0 Å². The van der Waals surface area contributed by atoms with Crippen LogP contribution in [0.3, 0.4) is 0 Å².